The van der Waals surface area contributed by atoms with Crippen molar-refractivity contribution in [3.05, 3.63) is 68.5 Å². The number of anilines is 1. The first-order chi connectivity index (χ1) is 9.90. The van der Waals surface area contributed by atoms with Crippen LogP contribution in [0.1, 0.15) is 15.9 Å². The zero-order chi connectivity index (χ0) is 15.6. The molecular weight excluding hydrogens is 299 g/mol. The van der Waals surface area contributed by atoms with E-state index in [9.17, 15) is 19.3 Å². The molecule has 0 spiro atoms. The number of hydrogen-bond acceptors (Lipinski definition) is 3. The quantitative estimate of drug-likeness (QED) is 0.689. The number of nitro groups is 1. The van der Waals surface area contributed by atoms with Crippen LogP contribution in [0.3, 0.4) is 0 Å². The third-order valence-corrected chi connectivity index (χ3v) is 3.16. The molecule has 0 bridgehead atoms. The molecule has 0 unspecified atom stereocenters. The normalized spacial score (nSPS) is 10.2. The molecule has 7 heteroatoms. The summed E-state index contributed by atoms with van der Waals surface area (Å²) in [5.74, 6) is -1.31. The van der Waals surface area contributed by atoms with Crippen molar-refractivity contribution in [2.75, 3.05) is 5.32 Å². The molecule has 0 aromatic heterocycles. The highest BCUT2D eigenvalue weighted by molar-refractivity contribution is 6.32. The second kappa shape index (κ2) is 5.88. The summed E-state index contributed by atoms with van der Waals surface area (Å²) in [5, 5.41) is 13.1. The number of halogens is 2. The minimum absolute atomic E-state index is 0.0419. The highest BCUT2D eigenvalue weighted by Crippen LogP contribution is 2.27. The fourth-order valence-electron chi connectivity index (χ4n) is 1.75. The van der Waals surface area contributed by atoms with E-state index in [0.717, 1.165) is 6.07 Å². The van der Waals surface area contributed by atoms with E-state index >= 15 is 0 Å². The lowest BCUT2D eigenvalue weighted by molar-refractivity contribution is -0.384. The van der Waals surface area contributed by atoms with Gasteiger partial charge in [-0.05, 0) is 30.7 Å². The van der Waals surface area contributed by atoms with E-state index in [2.05, 4.69) is 5.32 Å². The summed E-state index contributed by atoms with van der Waals surface area (Å²) in [6, 6.07) is 8.25. The summed E-state index contributed by atoms with van der Waals surface area (Å²) >= 11 is 5.68. The number of carbonyl (C=O) groups is 1. The molecule has 2 aromatic rings. The SMILES string of the molecule is Cc1cccc(C(=O)Nc2ccc(Cl)c([N+](=O)[O-])c2)c1F. The predicted octanol–water partition coefficient (Wildman–Crippen LogP) is 3.95. The van der Waals surface area contributed by atoms with Gasteiger partial charge in [0.05, 0.1) is 10.5 Å². The van der Waals surface area contributed by atoms with E-state index in [1.807, 2.05) is 0 Å². The Labute approximate surface area is 124 Å². The number of nitrogens with zero attached hydrogens (tertiary/aromatic N) is 1. The highest BCUT2D eigenvalue weighted by atomic mass is 35.5. The van der Waals surface area contributed by atoms with Crippen molar-refractivity contribution in [3.63, 3.8) is 0 Å². The van der Waals surface area contributed by atoms with Gasteiger partial charge in [-0.1, -0.05) is 23.7 Å². The molecule has 21 heavy (non-hydrogen) atoms. The number of benzene rings is 2. The Kier molecular flexibility index (Phi) is 4.18. The number of aryl methyl sites for hydroxylation is 1. The summed E-state index contributed by atoms with van der Waals surface area (Å²) in [4.78, 5) is 22.1. The molecule has 2 aromatic carbocycles. The minimum Gasteiger partial charge on any atom is -0.322 e. The van der Waals surface area contributed by atoms with E-state index in [4.69, 9.17) is 11.6 Å². The Morgan fingerprint density at radius 3 is 2.71 bits per heavy atom. The molecule has 0 fully saturated rings. The molecule has 108 valence electrons. The molecule has 0 atom stereocenters. The van der Waals surface area contributed by atoms with Gasteiger partial charge in [0, 0.05) is 11.8 Å². The number of rotatable bonds is 3. The first-order valence-corrected chi connectivity index (χ1v) is 6.28. The van der Waals surface area contributed by atoms with Crippen LogP contribution in [0.25, 0.3) is 0 Å². The minimum atomic E-state index is -0.687. The van der Waals surface area contributed by atoms with Gasteiger partial charge in [0.25, 0.3) is 11.6 Å². The van der Waals surface area contributed by atoms with Crippen LogP contribution >= 0.6 is 11.6 Å². The van der Waals surface area contributed by atoms with Crippen molar-refractivity contribution in [3.8, 4) is 0 Å². The smallest absolute Gasteiger partial charge is 0.289 e. The monoisotopic (exact) mass is 308 g/mol. The fraction of sp³-hybridized carbons (Fsp3) is 0.0714. The molecule has 1 amide bonds. The maximum atomic E-state index is 13.8. The number of nitrogens with one attached hydrogen (secondary N) is 1. The summed E-state index contributed by atoms with van der Waals surface area (Å²) in [6.07, 6.45) is 0. The van der Waals surface area contributed by atoms with E-state index in [-0.39, 0.29) is 22.0 Å². The zero-order valence-electron chi connectivity index (χ0n) is 10.9. The van der Waals surface area contributed by atoms with Crippen LogP contribution in [0.15, 0.2) is 36.4 Å². The topological polar surface area (TPSA) is 72.2 Å². The van der Waals surface area contributed by atoms with Gasteiger partial charge in [-0.3, -0.25) is 14.9 Å². The third-order valence-electron chi connectivity index (χ3n) is 2.84. The Balaban J connectivity index is 2.30. The standard InChI is InChI=1S/C14H10ClFN2O3/c1-8-3-2-4-10(13(8)16)14(19)17-9-5-6-11(15)12(7-9)18(20)21/h2-7H,1H3,(H,17,19). The largest absolute Gasteiger partial charge is 0.322 e. The maximum Gasteiger partial charge on any atom is 0.289 e. The fourth-order valence-corrected chi connectivity index (χ4v) is 1.94. The first kappa shape index (κ1) is 14.9. The van der Waals surface area contributed by atoms with E-state index in [1.165, 1.54) is 18.2 Å². The van der Waals surface area contributed by atoms with Gasteiger partial charge < -0.3 is 5.32 Å². The Morgan fingerprint density at radius 1 is 1.33 bits per heavy atom. The van der Waals surface area contributed by atoms with Crippen molar-refractivity contribution in [1.82, 2.24) is 0 Å². The van der Waals surface area contributed by atoms with Crippen molar-refractivity contribution in [2.24, 2.45) is 0 Å². The first-order valence-electron chi connectivity index (χ1n) is 5.90. The van der Waals surface area contributed by atoms with Crippen molar-refractivity contribution in [1.29, 1.82) is 0 Å². The van der Waals surface area contributed by atoms with Crippen LogP contribution in [-0.2, 0) is 0 Å². The van der Waals surface area contributed by atoms with Crippen LogP contribution in [-0.4, -0.2) is 10.8 Å². The van der Waals surface area contributed by atoms with Gasteiger partial charge in [0.15, 0.2) is 0 Å². The van der Waals surface area contributed by atoms with Crippen LogP contribution in [0.2, 0.25) is 5.02 Å². The lowest BCUT2D eigenvalue weighted by Crippen LogP contribution is -2.14. The molecule has 0 aliphatic carbocycles. The Morgan fingerprint density at radius 2 is 2.05 bits per heavy atom. The number of nitro benzene ring substituents is 1. The number of hydrogen-bond donors (Lipinski definition) is 1. The average molecular weight is 309 g/mol. The predicted molar refractivity (Wildman–Crippen MR) is 77.2 cm³/mol. The molecule has 0 saturated heterocycles. The Bertz CT molecular complexity index is 734. The molecule has 0 saturated carbocycles. The lowest BCUT2D eigenvalue weighted by atomic mass is 10.1. The van der Waals surface area contributed by atoms with Gasteiger partial charge >= 0.3 is 0 Å². The van der Waals surface area contributed by atoms with Gasteiger partial charge in [-0.25, -0.2) is 4.39 Å². The van der Waals surface area contributed by atoms with Crippen molar-refractivity contribution in [2.45, 2.75) is 6.92 Å². The van der Waals surface area contributed by atoms with Gasteiger partial charge in [0.1, 0.15) is 10.8 Å². The van der Waals surface area contributed by atoms with Crippen LogP contribution in [0.5, 0.6) is 0 Å². The molecule has 0 heterocycles. The maximum absolute atomic E-state index is 13.8. The van der Waals surface area contributed by atoms with Crippen molar-refractivity contribution < 1.29 is 14.1 Å². The second-order valence-corrected chi connectivity index (χ2v) is 4.72. The molecule has 0 radical (unpaired) electrons. The summed E-state index contributed by atoms with van der Waals surface area (Å²) in [5.41, 5.74) is 0.0357. The van der Waals surface area contributed by atoms with Crippen molar-refractivity contribution >= 4 is 28.9 Å². The molecule has 0 aliphatic heterocycles. The summed E-state index contributed by atoms with van der Waals surface area (Å²) in [7, 11) is 0. The Hall–Kier alpha value is -2.47. The molecule has 1 N–H and O–H groups in total. The van der Waals surface area contributed by atoms with Gasteiger partial charge in [-0.2, -0.15) is 0 Å². The third kappa shape index (κ3) is 3.17. The van der Waals surface area contributed by atoms with Gasteiger partial charge in [-0.15, -0.1) is 0 Å². The number of carbonyl (C=O) groups excluding carboxylic acids is 1. The van der Waals surface area contributed by atoms with Crippen LogP contribution in [0.4, 0.5) is 15.8 Å². The summed E-state index contributed by atoms with van der Waals surface area (Å²) in [6.45, 7) is 1.54. The molecule has 0 aliphatic rings. The summed E-state index contributed by atoms with van der Waals surface area (Å²) < 4.78 is 13.8. The molecule has 2 rings (SSSR count). The second-order valence-electron chi connectivity index (χ2n) is 4.31. The van der Waals surface area contributed by atoms with Gasteiger partial charge in [0.2, 0.25) is 0 Å². The lowest BCUT2D eigenvalue weighted by Gasteiger charge is -2.07. The van der Waals surface area contributed by atoms with E-state index in [0.29, 0.717) is 5.56 Å². The molecular formula is C14H10ClFN2O3. The zero-order valence-corrected chi connectivity index (χ0v) is 11.6. The number of amides is 1. The van der Waals surface area contributed by atoms with E-state index < -0.39 is 16.6 Å². The van der Waals surface area contributed by atoms with Crippen LogP contribution in [0, 0.1) is 22.9 Å². The van der Waals surface area contributed by atoms with E-state index in [1.54, 1.807) is 19.1 Å². The molecule has 5 nitrogen and oxygen atoms in total. The highest BCUT2D eigenvalue weighted by Gasteiger charge is 2.16. The van der Waals surface area contributed by atoms with Crippen LogP contribution < -0.4 is 5.32 Å². The average Bonchev–Trinajstić information content (AvgIpc) is 2.43.